The first-order valence-electron chi connectivity index (χ1n) is 6.25. The maximum absolute atomic E-state index is 10.4. The number of allylic oxidation sites excluding steroid dienone is 1. The van der Waals surface area contributed by atoms with Gasteiger partial charge in [-0.2, -0.15) is 0 Å². The van der Waals surface area contributed by atoms with Gasteiger partial charge in [-0.3, -0.25) is 4.79 Å². The SMILES string of the molecule is O=C1CS(=O)(=O)C=C1O.c1ccc(-c2ccccc2)cc1. The number of Topliss-reactive ketones (excluding diaryl/α,β-unsaturated/α-hetero) is 1. The summed E-state index contributed by atoms with van der Waals surface area (Å²) < 4.78 is 20.8. The topological polar surface area (TPSA) is 71.4 Å². The molecule has 108 valence electrons. The van der Waals surface area contributed by atoms with Crippen LogP contribution in [-0.2, 0) is 14.6 Å². The van der Waals surface area contributed by atoms with Crippen LogP contribution in [0.15, 0.2) is 71.8 Å². The highest BCUT2D eigenvalue weighted by molar-refractivity contribution is 7.95. The highest BCUT2D eigenvalue weighted by Crippen LogP contribution is 2.17. The van der Waals surface area contributed by atoms with Crippen molar-refractivity contribution < 1.29 is 18.3 Å². The molecular weight excluding hydrogens is 288 g/mol. The Labute approximate surface area is 123 Å². The Bertz CT molecular complexity index is 710. The van der Waals surface area contributed by atoms with Crippen molar-refractivity contribution in [2.24, 2.45) is 0 Å². The predicted octanol–water partition coefficient (Wildman–Crippen LogP) is 2.74. The zero-order chi connectivity index (χ0) is 15.3. The Balaban J connectivity index is 0.000000161. The van der Waals surface area contributed by atoms with Gasteiger partial charge in [-0.15, -0.1) is 0 Å². The molecular formula is C16H14O4S. The quantitative estimate of drug-likeness (QED) is 0.879. The van der Waals surface area contributed by atoms with Crippen molar-refractivity contribution in [3.8, 4) is 11.1 Å². The lowest BCUT2D eigenvalue weighted by Gasteiger charge is -1.98. The number of hydrogen-bond donors (Lipinski definition) is 1. The number of aliphatic hydroxyl groups is 1. The molecule has 0 bridgehead atoms. The zero-order valence-electron chi connectivity index (χ0n) is 11.1. The highest BCUT2D eigenvalue weighted by Gasteiger charge is 2.26. The van der Waals surface area contributed by atoms with Crippen LogP contribution in [0.2, 0.25) is 0 Å². The first-order chi connectivity index (χ1) is 9.98. The maximum Gasteiger partial charge on any atom is 0.213 e. The molecule has 1 aliphatic rings. The molecule has 1 N–H and O–H groups in total. The van der Waals surface area contributed by atoms with Crippen LogP contribution in [0.5, 0.6) is 0 Å². The summed E-state index contributed by atoms with van der Waals surface area (Å²) in [6.45, 7) is 0. The van der Waals surface area contributed by atoms with Gasteiger partial charge >= 0.3 is 0 Å². The van der Waals surface area contributed by atoms with Crippen LogP contribution in [0.1, 0.15) is 0 Å². The molecule has 0 spiro atoms. The van der Waals surface area contributed by atoms with E-state index in [4.69, 9.17) is 5.11 Å². The van der Waals surface area contributed by atoms with Crippen LogP contribution in [0.3, 0.4) is 0 Å². The average Bonchev–Trinajstić information content (AvgIpc) is 2.72. The summed E-state index contributed by atoms with van der Waals surface area (Å²) in [6, 6.07) is 20.8. The molecule has 21 heavy (non-hydrogen) atoms. The molecule has 5 heteroatoms. The number of carbonyl (C=O) groups is 1. The standard InChI is InChI=1S/C12H10.C4H4O4S/c1-3-7-11(8-4-1)12-9-5-2-6-10-12;5-3-1-9(7,8)2-4(3)6/h1-10H;1,5H,2H2. The van der Waals surface area contributed by atoms with E-state index in [-0.39, 0.29) is 0 Å². The first-order valence-corrected chi connectivity index (χ1v) is 7.96. The second-order valence-electron chi connectivity index (χ2n) is 4.47. The summed E-state index contributed by atoms with van der Waals surface area (Å²) >= 11 is 0. The summed E-state index contributed by atoms with van der Waals surface area (Å²) in [4.78, 5) is 10.3. The number of benzene rings is 2. The second kappa shape index (κ2) is 6.37. The number of carbonyl (C=O) groups excluding carboxylic acids is 1. The van der Waals surface area contributed by atoms with E-state index in [1.165, 1.54) is 11.1 Å². The lowest BCUT2D eigenvalue weighted by molar-refractivity contribution is -0.115. The molecule has 0 atom stereocenters. The van der Waals surface area contributed by atoms with Crippen LogP contribution in [-0.4, -0.2) is 25.1 Å². The molecule has 0 fully saturated rings. The van der Waals surface area contributed by atoms with Crippen molar-refractivity contribution >= 4 is 15.6 Å². The van der Waals surface area contributed by atoms with E-state index in [0.29, 0.717) is 5.41 Å². The fraction of sp³-hybridized carbons (Fsp3) is 0.0625. The minimum atomic E-state index is -3.41. The van der Waals surface area contributed by atoms with Gasteiger partial charge in [0, 0.05) is 0 Å². The van der Waals surface area contributed by atoms with Crippen LogP contribution < -0.4 is 0 Å². The van der Waals surface area contributed by atoms with E-state index in [0.717, 1.165) is 0 Å². The minimum absolute atomic E-state index is 0.579. The largest absolute Gasteiger partial charge is 0.504 e. The molecule has 0 saturated carbocycles. The van der Waals surface area contributed by atoms with Crippen molar-refractivity contribution in [1.29, 1.82) is 0 Å². The van der Waals surface area contributed by atoms with Gasteiger partial charge in [0.05, 0.1) is 5.41 Å². The lowest BCUT2D eigenvalue weighted by atomic mass is 10.1. The summed E-state index contributed by atoms with van der Waals surface area (Å²) in [6.07, 6.45) is 0. The minimum Gasteiger partial charge on any atom is -0.504 e. The molecule has 0 aliphatic carbocycles. The third kappa shape index (κ3) is 4.29. The van der Waals surface area contributed by atoms with E-state index in [1.807, 2.05) is 12.1 Å². The van der Waals surface area contributed by atoms with Crippen molar-refractivity contribution in [3.05, 3.63) is 71.8 Å². The predicted molar refractivity (Wildman–Crippen MR) is 81.4 cm³/mol. The third-order valence-corrected chi connectivity index (χ3v) is 4.04. The van der Waals surface area contributed by atoms with E-state index < -0.39 is 27.1 Å². The van der Waals surface area contributed by atoms with Crippen molar-refractivity contribution in [2.75, 3.05) is 5.75 Å². The van der Waals surface area contributed by atoms with Gasteiger partial charge in [-0.1, -0.05) is 60.7 Å². The van der Waals surface area contributed by atoms with E-state index >= 15 is 0 Å². The van der Waals surface area contributed by atoms with Gasteiger partial charge < -0.3 is 5.11 Å². The van der Waals surface area contributed by atoms with Gasteiger partial charge in [0.25, 0.3) is 0 Å². The van der Waals surface area contributed by atoms with Crippen LogP contribution in [0.4, 0.5) is 0 Å². The molecule has 1 aliphatic heterocycles. The van der Waals surface area contributed by atoms with Gasteiger partial charge in [-0.25, -0.2) is 8.42 Å². The summed E-state index contributed by atoms with van der Waals surface area (Å²) in [7, 11) is -3.41. The number of sulfone groups is 1. The molecule has 0 amide bonds. The molecule has 0 radical (unpaired) electrons. The van der Waals surface area contributed by atoms with Gasteiger partial charge in [0.15, 0.2) is 15.6 Å². The molecule has 2 aromatic rings. The Kier molecular flexibility index (Phi) is 4.55. The zero-order valence-corrected chi connectivity index (χ0v) is 12.0. The van der Waals surface area contributed by atoms with Crippen molar-refractivity contribution in [3.63, 3.8) is 0 Å². The van der Waals surface area contributed by atoms with Gasteiger partial charge in [-0.05, 0) is 11.1 Å². The Morgan fingerprint density at radius 1 is 0.810 bits per heavy atom. The van der Waals surface area contributed by atoms with E-state index in [9.17, 15) is 13.2 Å². The number of ketones is 1. The van der Waals surface area contributed by atoms with Crippen LogP contribution in [0.25, 0.3) is 11.1 Å². The molecule has 2 aromatic carbocycles. The molecule has 0 aromatic heterocycles. The molecule has 0 saturated heterocycles. The second-order valence-corrected chi connectivity index (χ2v) is 6.32. The molecule has 0 unspecified atom stereocenters. The monoisotopic (exact) mass is 302 g/mol. The third-order valence-electron chi connectivity index (χ3n) is 2.79. The van der Waals surface area contributed by atoms with E-state index in [1.54, 1.807) is 0 Å². The maximum atomic E-state index is 10.4. The fourth-order valence-electron chi connectivity index (χ4n) is 1.80. The Morgan fingerprint density at radius 3 is 1.48 bits per heavy atom. The Morgan fingerprint density at radius 2 is 1.24 bits per heavy atom. The lowest BCUT2D eigenvalue weighted by Crippen LogP contribution is -2.05. The molecule has 4 nitrogen and oxygen atoms in total. The van der Waals surface area contributed by atoms with Gasteiger partial charge in [0.1, 0.15) is 5.75 Å². The summed E-state index contributed by atoms with van der Waals surface area (Å²) in [5.74, 6) is -1.97. The molecule has 1 heterocycles. The smallest absolute Gasteiger partial charge is 0.213 e. The number of hydrogen-bond acceptors (Lipinski definition) is 4. The fourth-order valence-corrected chi connectivity index (χ4v) is 2.86. The van der Waals surface area contributed by atoms with E-state index in [2.05, 4.69) is 48.5 Å². The Hall–Kier alpha value is -2.40. The summed E-state index contributed by atoms with van der Waals surface area (Å²) in [5, 5.41) is 9.04. The normalized spacial score (nSPS) is 15.8. The van der Waals surface area contributed by atoms with Crippen molar-refractivity contribution in [1.82, 2.24) is 0 Å². The van der Waals surface area contributed by atoms with Crippen LogP contribution in [0, 0.1) is 0 Å². The van der Waals surface area contributed by atoms with Gasteiger partial charge in [0.2, 0.25) is 5.78 Å². The highest BCUT2D eigenvalue weighted by atomic mass is 32.2. The average molecular weight is 302 g/mol. The summed E-state index contributed by atoms with van der Waals surface area (Å²) in [5.41, 5.74) is 2.55. The van der Waals surface area contributed by atoms with Crippen molar-refractivity contribution in [2.45, 2.75) is 0 Å². The molecule has 3 rings (SSSR count). The first kappa shape index (κ1) is 15.0. The number of aliphatic hydroxyl groups excluding tert-OH is 1. The number of rotatable bonds is 1. The van der Waals surface area contributed by atoms with Crippen LogP contribution >= 0.6 is 0 Å².